The highest BCUT2D eigenvalue weighted by molar-refractivity contribution is 6.32. The Hall–Kier alpha value is -2.71. The van der Waals surface area contributed by atoms with Crippen LogP contribution in [0.5, 0.6) is 0 Å². The number of hydrogen-bond donors (Lipinski definition) is 2. The number of carbonyl (C=O) groups excluding carboxylic acids is 1. The predicted octanol–water partition coefficient (Wildman–Crippen LogP) is 1.76. The molecule has 3 aromatic rings. The molecule has 1 atom stereocenters. The third-order valence-corrected chi connectivity index (χ3v) is 3.60. The summed E-state index contributed by atoms with van der Waals surface area (Å²) in [6.07, 6.45) is 5.40. The van der Waals surface area contributed by atoms with Crippen LogP contribution in [0.1, 0.15) is 28.6 Å². The number of halogens is 1. The largest absolute Gasteiger partial charge is 0.467 e. The van der Waals surface area contributed by atoms with Gasteiger partial charge in [-0.15, -0.1) is 10.2 Å². The Morgan fingerprint density at radius 1 is 1.42 bits per heavy atom. The Bertz CT molecular complexity index is 805. The molecule has 0 aliphatic heterocycles. The van der Waals surface area contributed by atoms with Crippen LogP contribution in [-0.4, -0.2) is 37.3 Å². The molecule has 3 aromatic heterocycles. The minimum atomic E-state index is -0.766. The second-order valence-electron chi connectivity index (χ2n) is 4.97. The topological polar surface area (TPSA) is 106 Å². The van der Waals surface area contributed by atoms with Crippen LogP contribution in [0.3, 0.4) is 0 Å². The number of nitrogens with one attached hydrogen (secondary N) is 1. The molecule has 3 rings (SSSR count). The highest BCUT2D eigenvalue weighted by atomic mass is 35.5. The first kappa shape index (κ1) is 16.2. The summed E-state index contributed by atoms with van der Waals surface area (Å²) in [5.41, 5.74) is 0.323. The maximum atomic E-state index is 12.1. The molecule has 124 valence electrons. The second kappa shape index (κ2) is 7.24. The molecule has 0 radical (unpaired) electrons. The third-order valence-electron chi connectivity index (χ3n) is 3.32. The standard InChI is InChI=1S/C15H14ClN5O3/c16-11-6-10(7-18-14(11)21-8-19-20-9-21)15(23)17-4-3-12(22)13-2-1-5-24-13/h1-2,5-9,12,22H,3-4H2,(H,17,23). The van der Waals surface area contributed by atoms with E-state index in [9.17, 15) is 9.90 Å². The number of aromatic nitrogens is 4. The molecule has 0 aliphatic carbocycles. The smallest absolute Gasteiger partial charge is 0.252 e. The summed E-state index contributed by atoms with van der Waals surface area (Å²) < 4.78 is 6.64. The van der Waals surface area contributed by atoms with Gasteiger partial charge in [0.1, 0.15) is 24.5 Å². The number of furan rings is 1. The molecule has 0 spiro atoms. The SMILES string of the molecule is O=C(NCCC(O)c1ccco1)c1cnc(-n2cnnc2)c(Cl)c1. The number of carbonyl (C=O) groups is 1. The van der Waals surface area contributed by atoms with Crippen LogP contribution >= 0.6 is 11.6 Å². The first-order valence-electron chi connectivity index (χ1n) is 7.15. The number of aliphatic hydroxyl groups is 1. The van der Waals surface area contributed by atoms with Gasteiger partial charge in [-0.3, -0.25) is 9.36 Å². The zero-order valence-electron chi connectivity index (χ0n) is 12.5. The Morgan fingerprint density at radius 3 is 2.88 bits per heavy atom. The van der Waals surface area contributed by atoms with Crippen molar-refractivity contribution in [3.63, 3.8) is 0 Å². The first-order valence-corrected chi connectivity index (χ1v) is 7.53. The summed E-state index contributed by atoms with van der Waals surface area (Å²) in [7, 11) is 0. The number of rotatable bonds is 6. The summed E-state index contributed by atoms with van der Waals surface area (Å²) in [5.74, 6) is 0.574. The Morgan fingerprint density at radius 2 is 2.21 bits per heavy atom. The molecule has 0 bridgehead atoms. The van der Waals surface area contributed by atoms with Crippen LogP contribution in [0.25, 0.3) is 5.82 Å². The van der Waals surface area contributed by atoms with Gasteiger partial charge in [0.2, 0.25) is 0 Å². The van der Waals surface area contributed by atoms with Crippen molar-refractivity contribution in [2.24, 2.45) is 0 Å². The van der Waals surface area contributed by atoms with Gasteiger partial charge in [-0.2, -0.15) is 0 Å². The molecule has 1 unspecified atom stereocenters. The number of nitrogens with zero attached hydrogens (tertiary/aromatic N) is 4. The summed E-state index contributed by atoms with van der Waals surface area (Å²) in [6.45, 7) is 0.283. The molecule has 0 saturated heterocycles. The molecular formula is C15H14ClN5O3. The average molecular weight is 348 g/mol. The number of amides is 1. The van der Waals surface area contributed by atoms with Gasteiger partial charge in [-0.05, 0) is 24.6 Å². The Labute approximate surface area is 142 Å². The molecule has 24 heavy (non-hydrogen) atoms. The lowest BCUT2D eigenvalue weighted by Gasteiger charge is -2.10. The summed E-state index contributed by atoms with van der Waals surface area (Å²) >= 11 is 6.15. The van der Waals surface area contributed by atoms with Crippen molar-refractivity contribution in [1.82, 2.24) is 25.1 Å². The first-order chi connectivity index (χ1) is 11.6. The van der Waals surface area contributed by atoms with E-state index in [0.717, 1.165) is 0 Å². The molecule has 3 heterocycles. The molecule has 0 aromatic carbocycles. The maximum Gasteiger partial charge on any atom is 0.252 e. The minimum Gasteiger partial charge on any atom is -0.467 e. The Balaban J connectivity index is 1.58. The van der Waals surface area contributed by atoms with Gasteiger partial charge in [0.15, 0.2) is 5.82 Å². The highest BCUT2D eigenvalue weighted by Crippen LogP contribution is 2.19. The van der Waals surface area contributed by atoms with Crippen molar-refractivity contribution in [3.8, 4) is 5.82 Å². The van der Waals surface area contributed by atoms with Crippen LogP contribution in [0, 0.1) is 0 Å². The van der Waals surface area contributed by atoms with Crippen LogP contribution in [0.4, 0.5) is 0 Å². The fourth-order valence-corrected chi connectivity index (χ4v) is 2.37. The van der Waals surface area contributed by atoms with E-state index in [1.54, 1.807) is 16.7 Å². The lowest BCUT2D eigenvalue weighted by molar-refractivity contribution is 0.0935. The number of aliphatic hydroxyl groups excluding tert-OH is 1. The molecule has 8 nitrogen and oxygen atoms in total. The zero-order chi connectivity index (χ0) is 16.9. The quantitative estimate of drug-likeness (QED) is 0.703. The predicted molar refractivity (Wildman–Crippen MR) is 84.8 cm³/mol. The van der Waals surface area contributed by atoms with Crippen LogP contribution in [0.2, 0.25) is 5.02 Å². The van der Waals surface area contributed by atoms with Crippen LogP contribution < -0.4 is 5.32 Å². The van der Waals surface area contributed by atoms with Gasteiger partial charge in [0.25, 0.3) is 5.91 Å². The van der Waals surface area contributed by atoms with E-state index < -0.39 is 6.10 Å². The molecule has 1 amide bonds. The van der Waals surface area contributed by atoms with Crippen molar-refractivity contribution in [2.75, 3.05) is 6.54 Å². The fraction of sp³-hybridized carbons (Fsp3) is 0.200. The summed E-state index contributed by atoms with van der Waals surface area (Å²) in [5, 5.41) is 20.3. The molecule has 0 saturated carbocycles. The van der Waals surface area contributed by atoms with Crippen molar-refractivity contribution in [1.29, 1.82) is 0 Å². The lowest BCUT2D eigenvalue weighted by atomic mass is 10.2. The van der Waals surface area contributed by atoms with Crippen molar-refractivity contribution >= 4 is 17.5 Å². The van der Waals surface area contributed by atoms with Crippen molar-refractivity contribution in [3.05, 3.63) is 59.7 Å². The van der Waals surface area contributed by atoms with E-state index >= 15 is 0 Å². The zero-order valence-corrected chi connectivity index (χ0v) is 13.2. The number of pyridine rings is 1. The second-order valence-corrected chi connectivity index (χ2v) is 5.38. The van der Waals surface area contributed by atoms with E-state index in [0.29, 0.717) is 28.6 Å². The minimum absolute atomic E-state index is 0.283. The van der Waals surface area contributed by atoms with Gasteiger partial charge in [-0.1, -0.05) is 11.6 Å². The van der Waals surface area contributed by atoms with E-state index in [1.807, 2.05) is 0 Å². The highest BCUT2D eigenvalue weighted by Gasteiger charge is 2.13. The Kier molecular flexibility index (Phi) is 4.88. The number of hydrogen-bond acceptors (Lipinski definition) is 6. The van der Waals surface area contributed by atoms with Gasteiger partial charge >= 0.3 is 0 Å². The van der Waals surface area contributed by atoms with Crippen LogP contribution in [0.15, 0.2) is 47.7 Å². The molecule has 2 N–H and O–H groups in total. The van der Waals surface area contributed by atoms with Crippen molar-refractivity contribution < 1.29 is 14.3 Å². The van der Waals surface area contributed by atoms with E-state index in [2.05, 4.69) is 20.5 Å². The molecular weight excluding hydrogens is 334 g/mol. The van der Waals surface area contributed by atoms with E-state index in [-0.39, 0.29) is 12.5 Å². The lowest BCUT2D eigenvalue weighted by Crippen LogP contribution is -2.25. The van der Waals surface area contributed by atoms with Crippen molar-refractivity contribution in [2.45, 2.75) is 12.5 Å². The van der Waals surface area contributed by atoms with Gasteiger partial charge in [0.05, 0.1) is 16.8 Å². The van der Waals surface area contributed by atoms with Gasteiger partial charge < -0.3 is 14.8 Å². The molecule has 0 fully saturated rings. The maximum absolute atomic E-state index is 12.1. The monoisotopic (exact) mass is 347 g/mol. The van der Waals surface area contributed by atoms with Gasteiger partial charge in [-0.25, -0.2) is 4.98 Å². The third kappa shape index (κ3) is 3.61. The fourth-order valence-electron chi connectivity index (χ4n) is 2.10. The molecule has 9 heteroatoms. The van der Waals surface area contributed by atoms with E-state index in [4.69, 9.17) is 16.0 Å². The summed E-state index contributed by atoms with van der Waals surface area (Å²) in [6, 6.07) is 4.89. The van der Waals surface area contributed by atoms with Crippen LogP contribution in [-0.2, 0) is 0 Å². The molecule has 0 aliphatic rings. The summed E-state index contributed by atoms with van der Waals surface area (Å²) in [4.78, 5) is 16.3. The average Bonchev–Trinajstić information content (AvgIpc) is 3.28. The van der Waals surface area contributed by atoms with Gasteiger partial charge in [0, 0.05) is 12.7 Å². The van der Waals surface area contributed by atoms with E-state index in [1.165, 1.54) is 31.2 Å². The normalized spacial score (nSPS) is 12.1.